The van der Waals surface area contributed by atoms with Crippen LogP contribution in [0.25, 0.3) is 0 Å². The molecule has 0 aromatic rings. The van der Waals surface area contributed by atoms with Crippen LogP contribution in [-0.2, 0) is 0 Å². The van der Waals surface area contributed by atoms with Gasteiger partial charge in [0.25, 0.3) is 0 Å². The average molecular weight is 233 g/mol. The maximum Gasteiger partial charge on any atom is 3.00 e. The molecular formula is C12H26AlCl. The zero-order valence-corrected chi connectivity index (χ0v) is 11.9. The Morgan fingerprint density at radius 2 is 1.00 bits per heavy atom. The molecule has 0 aliphatic rings. The molecule has 0 atom stereocenters. The summed E-state index contributed by atoms with van der Waals surface area (Å²) in [5.41, 5.74) is 0. The molecule has 84 valence electrons. The first kappa shape index (κ1) is 24.2. The Kier molecular flexibility index (Phi) is 50.4. The van der Waals surface area contributed by atoms with Crippen molar-refractivity contribution in [1.29, 1.82) is 0 Å². The number of unbranched alkanes of at least 4 members (excludes halogenated alkanes) is 6. The summed E-state index contributed by atoms with van der Waals surface area (Å²) in [5.74, 6) is 0. The summed E-state index contributed by atoms with van der Waals surface area (Å²) < 4.78 is 0. The quantitative estimate of drug-likeness (QED) is 0.369. The summed E-state index contributed by atoms with van der Waals surface area (Å²) in [6.45, 7) is 11.9. The Hall–Kier alpha value is 0.822. The van der Waals surface area contributed by atoms with Crippen molar-refractivity contribution in [1.82, 2.24) is 0 Å². The molecular weight excluding hydrogens is 207 g/mol. The van der Waals surface area contributed by atoms with Gasteiger partial charge in [-0.15, -0.1) is 0 Å². The molecule has 0 unspecified atom stereocenters. The van der Waals surface area contributed by atoms with Gasteiger partial charge < -0.3 is 26.3 Å². The number of halogens is 1. The van der Waals surface area contributed by atoms with Crippen molar-refractivity contribution in [2.45, 2.75) is 65.2 Å². The minimum atomic E-state index is 0. The third-order valence-corrected chi connectivity index (χ3v) is 1.71. The molecule has 0 aromatic heterocycles. The van der Waals surface area contributed by atoms with Crippen molar-refractivity contribution in [3.63, 3.8) is 0 Å². The second-order valence-corrected chi connectivity index (χ2v) is 3.12. The van der Waals surface area contributed by atoms with E-state index in [9.17, 15) is 0 Å². The molecule has 0 aliphatic heterocycles. The first-order valence-corrected chi connectivity index (χ1v) is 5.41. The molecule has 0 nitrogen and oxygen atoms in total. The molecule has 0 radical (unpaired) electrons. The van der Waals surface area contributed by atoms with Crippen LogP contribution in [0.2, 0.25) is 0 Å². The van der Waals surface area contributed by atoms with Gasteiger partial charge in [0.1, 0.15) is 0 Å². The van der Waals surface area contributed by atoms with Crippen LogP contribution in [-0.4, -0.2) is 17.4 Å². The molecule has 0 saturated carbocycles. The van der Waals surface area contributed by atoms with Crippen LogP contribution in [0.15, 0.2) is 0 Å². The largest absolute Gasteiger partial charge is 3.00 e. The normalized spacial score (nSPS) is 7.71. The van der Waals surface area contributed by atoms with Crippen LogP contribution in [0.3, 0.4) is 0 Å². The van der Waals surface area contributed by atoms with E-state index in [0.717, 1.165) is 12.8 Å². The van der Waals surface area contributed by atoms with Crippen LogP contribution < -0.4 is 12.4 Å². The Labute approximate surface area is 109 Å². The third-order valence-electron chi connectivity index (χ3n) is 1.71. The minimum absolute atomic E-state index is 0. The summed E-state index contributed by atoms with van der Waals surface area (Å²) in [5, 5.41) is 0. The van der Waals surface area contributed by atoms with E-state index >= 15 is 0 Å². The third kappa shape index (κ3) is 38.5. The van der Waals surface area contributed by atoms with Gasteiger partial charge in [0.05, 0.1) is 0 Å². The summed E-state index contributed by atoms with van der Waals surface area (Å²) in [6.07, 6.45) is 10.1. The Morgan fingerprint density at radius 3 is 1.07 bits per heavy atom. The van der Waals surface area contributed by atoms with E-state index in [2.05, 4.69) is 27.7 Å². The smallest absolute Gasteiger partial charge is 1.00 e. The fraction of sp³-hybridized carbons (Fsp3) is 0.833. The number of rotatable bonds is 6. The molecule has 0 rings (SSSR count). The van der Waals surface area contributed by atoms with Crippen LogP contribution >= 0.6 is 0 Å². The predicted molar refractivity (Wildman–Crippen MR) is 64.8 cm³/mol. The van der Waals surface area contributed by atoms with E-state index < -0.39 is 0 Å². The maximum absolute atomic E-state index is 3.72. The Balaban J connectivity index is -0.0000000625. The molecule has 0 aromatic carbocycles. The molecule has 0 heterocycles. The van der Waals surface area contributed by atoms with E-state index in [4.69, 9.17) is 0 Å². The first-order chi connectivity index (χ1) is 5.83. The SMILES string of the molecule is [Al+3].[CH2-]CCCCC.[CH2-]CCCCC.[Cl-]. The van der Waals surface area contributed by atoms with Gasteiger partial charge in [-0.05, 0) is 0 Å². The van der Waals surface area contributed by atoms with Gasteiger partial charge in [-0.2, -0.15) is 12.8 Å². The van der Waals surface area contributed by atoms with E-state index in [1.165, 1.54) is 38.5 Å². The zero-order valence-electron chi connectivity index (χ0n) is 10.0. The van der Waals surface area contributed by atoms with E-state index in [1.807, 2.05) is 0 Å². The van der Waals surface area contributed by atoms with Gasteiger partial charge in [-0.1, -0.05) is 52.4 Å². The van der Waals surface area contributed by atoms with E-state index in [-0.39, 0.29) is 29.8 Å². The van der Waals surface area contributed by atoms with Gasteiger partial charge in [0.2, 0.25) is 0 Å². The van der Waals surface area contributed by atoms with Crippen molar-refractivity contribution >= 4 is 17.4 Å². The molecule has 0 aliphatic carbocycles. The molecule has 0 spiro atoms. The zero-order chi connectivity index (χ0) is 9.66. The van der Waals surface area contributed by atoms with E-state index in [1.54, 1.807) is 0 Å². The standard InChI is InChI=1S/2C6H13.Al.ClH/c2*1-3-5-6-4-2;;/h2*1,3-6H2,2H3;;1H/q2*-1;+3;/p-1. The Bertz CT molecular complexity index is 42.3. The van der Waals surface area contributed by atoms with Crippen LogP contribution in [0.4, 0.5) is 0 Å². The van der Waals surface area contributed by atoms with E-state index in [0.29, 0.717) is 0 Å². The fourth-order valence-corrected chi connectivity index (χ4v) is 0.854. The summed E-state index contributed by atoms with van der Waals surface area (Å²) in [6, 6.07) is 0. The van der Waals surface area contributed by atoms with Gasteiger partial charge in [-0.25, -0.2) is 0 Å². The molecule has 2 heteroatoms. The number of hydrogen-bond donors (Lipinski definition) is 0. The van der Waals surface area contributed by atoms with Crippen LogP contribution in [0, 0.1) is 13.8 Å². The Morgan fingerprint density at radius 1 is 0.714 bits per heavy atom. The second kappa shape index (κ2) is 29.2. The van der Waals surface area contributed by atoms with Crippen LogP contribution in [0.5, 0.6) is 0 Å². The second-order valence-electron chi connectivity index (χ2n) is 3.12. The molecule has 0 amide bonds. The maximum atomic E-state index is 3.72. The first-order valence-electron chi connectivity index (χ1n) is 5.41. The molecule has 0 N–H and O–H groups in total. The molecule has 0 fully saturated rings. The van der Waals surface area contributed by atoms with Crippen molar-refractivity contribution in [3.05, 3.63) is 13.8 Å². The van der Waals surface area contributed by atoms with Crippen molar-refractivity contribution in [3.8, 4) is 0 Å². The minimum Gasteiger partial charge on any atom is -1.00 e. The van der Waals surface area contributed by atoms with Crippen molar-refractivity contribution in [2.24, 2.45) is 0 Å². The van der Waals surface area contributed by atoms with Gasteiger partial charge in [0.15, 0.2) is 0 Å². The van der Waals surface area contributed by atoms with Crippen molar-refractivity contribution in [2.75, 3.05) is 0 Å². The topological polar surface area (TPSA) is 0 Å². The summed E-state index contributed by atoms with van der Waals surface area (Å²) >= 11 is 0. The number of hydrogen-bond acceptors (Lipinski definition) is 0. The summed E-state index contributed by atoms with van der Waals surface area (Å²) in [4.78, 5) is 0. The van der Waals surface area contributed by atoms with Gasteiger partial charge in [0, 0.05) is 0 Å². The molecule has 14 heavy (non-hydrogen) atoms. The van der Waals surface area contributed by atoms with Gasteiger partial charge >= 0.3 is 17.4 Å². The molecule has 0 bridgehead atoms. The monoisotopic (exact) mass is 232 g/mol. The molecule has 0 saturated heterocycles. The predicted octanol–water partition coefficient (Wildman–Crippen LogP) is 1.42. The van der Waals surface area contributed by atoms with Crippen LogP contribution in [0.1, 0.15) is 65.2 Å². The van der Waals surface area contributed by atoms with Gasteiger partial charge in [-0.3, -0.25) is 0 Å². The summed E-state index contributed by atoms with van der Waals surface area (Å²) in [7, 11) is 0. The average Bonchev–Trinajstić information content (AvgIpc) is 2.12. The van der Waals surface area contributed by atoms with Crippen molar-refractivity contribution < 1.29 is 12.4 Å². The fourth-order valence-electron chi connectivity index (χ4n) is 0.854.